The number of nitrogens with zero attached hydrogens (tertiary/aromatic N) is 1. The number of carbonyl (C=O) groups excluding carboxylic acids is 1. The number of urea groups is 1. The second-order valence-corrected chi connectivity index (χ2v) is 5.15. The lowest BCUT2D eigenvalue weighted by atomic mass is 9.94. The third-order valence-electron chi connectivity index (χ3n) is 3.45. The predicted molar refractivity (Wildman–Crippen MR) is 69.2 cm³/mol. The summed E-state index contributed by atoms with van der Waals surface area (Å²) in [6, 6.07) is 6.69. The Balaban J connectivity index is 2.32. The van der Waals surface area contributed by atoms with Gasteiger partial charge in [0.05, 0.1) is 6.04 Å². The van der Waals surface area contributed by atoms with Crippen LogP contribution in [0.1, 0.15) is 42.5 Å². The average Bonchev–Trinajstić information content (AvgIpc) is 2.59. The van der Waals surface area contributed by atoms with Gasteiger partial charge in [-0.2, -0.15) is 0 Å². The zero-order valence-electron chi connectivity index (χ0n) is 10.9. The molecule has 2 amide bonds. The smallest absolute Gasteiger partial charge is 0.317 e. The lowest BCUT2D eigenvalue weighted by Crippen LogP contribution is -2.24. The van der Waals surface area contributed by atoms with E-state index >= 15 is 0 Å². The van der Waals surface area contributed by atoms with Gasteiger partial charge in [0, 0.05) is 13.6 Å². The Labute approximate surface area is 103 Å². The molecule has 17 heavy (non-hydrogen) atoms. The maximum atomic E-state index is 11.5. The van der Waals surface area contributed by atoms with E-state index in [1.807, 2.05) is 7.05 Å². The molecule has 1 aromatic rings. The lowest BCUT2D eigenvalue weighted by molar-refractivity contribution is 0.226. The Morgan fingerprint density at radius 3 is 2.65 bits per heavy atom. The minimum absolute atomic E-state index is 0.0179. The molecule has 1 aliphatic rings. The van der Waals surface area contributed by atoms with E-state index in [2.05, 4.69) is 44.3 Å². The zero-order valence-corrected chi connectivity index (χ0v) is 10.9. The molecule has 0 radical (unpaired) electrons. The van der Waals surface area contributed by atoms with Gasteiger partial charge in [0.15, 0.2) is 0 Å². The average molecular weight is 232 g/mol. The quantitative estimate of drug-likeness (QED) is 0.835. The number of benzene rings is 1. The van der Waals surface area contributed by atoms with Crippen LogP contribution >= 0.6 is 0 Å². The fourth-order valence-corrected chi connectivity index (χ4v) is 2.23. The summed E-state index contributed by atoms with van der Waals surface area (Å²) in [5.74, 6) is 0.518. The van der Waals surface area contributed by atoms with Crippen molar-refractivity contribution in [2.24, 2.45) is 0 Å². The van der Waals surface area contributed by atoms with Crippen molar-refractivity contribution >= 4 is 6.03 Å². The Hall–Kier alpha value is -1.51. The Kier molecular flexibility index (Phi) is 3.09. The fraction of sp³-hybridized carbons (Fsp3) is 0.500. The third kappa shape index (κ3) is 2.28. The van der Waals surface area contributed by atoms with E-state index in [1.54, 1.807) is 4.90 Å². The van der Waals surface area contributed by atoms with Crippen LogP contribution in [0.4, 0.5) is 4.79 Å². The van der Waals surface area contributed by atoms with Crippen molar-refractivity contribution in [1.82, 2.24) is 10.2 Å². The molecule has 1 aliphatic heterocycles. The molecule has 1 unspecified atom stereocenters. The van der Waals surface area contributed by atoms with Crippen LogP contribution in [0.3, 0.4) is 0 Å². The molecule has 1 atom stereocenters. The molecule has 0 bridgehead atoms. The molecular formula is C14H20N2O. The summed E-state index contributed by atoms with van der Waals surface area (Å²) in [6.07, 6.45) is 0. The molecule has 0 spiro atoms. The van der Waals surface area contributed by atoms with E-state index in [1.165, 1.54) is 16.7 Å². The number of carbonyl (C=O) groups is 1. The van der Waals surface area contributed by atoms with Crippen LogP contribution < -0.4 is 5.32 Å². The third-order valence-corrected chi connectivity index (χ3v) is 3.45. The van der Waals surface area contributed by atoms with Gasteiger partial charge < -0.3 is 10.2 Å². The molecule has 0 aliphatic carbocycles. The molecule has 3 heteroatoms. The highest BCUT2D eigenvalue weighted by atomic mass is 16.2. The van der Waals surface area contributed by atoms with Gasteiger partial charge in [-0.15, -0.1) is 0 Å². The molecule has 3 nitrogen and oxygen atoms in total. The molecule has 1 heterocycles. The van der Waals surface area contributed by atoms with Crippen LogP contribution in [0.2, 0.25) is 0 Å². The first-order valence-electron chi connectivity index (χ1n) is 6.11. The summed E-state index contributed by atoms with van der Waals surface area (Å²) in [5, 5.41) is 3.01. The van der Waals surface area contributed by atoms with Gasteiger partial charge in [-0.05, 0) is 29.5 Å². The number of hydrogen-bond donors (Lipinski definition) is 1. The van der Waals surface area contributed by atoms with Crippen LogP contribution in [0.5, 0.6) is 0 Å². The summed E-state index contributed by atoms with van der Waals surface area (Å²) < 4.78 is 0. The van der Waals surface area contributed by atoms with E-state index in [-0.39, 0.29) is 12.1 Å². The van der Waals surface area contributed by atoms with Crippen molar-refractivity contribution in [3.8, 4) is 0 Å². The number of rotatable bonds is 2. The molecule has 1 fully saturated rings. The monoisotopic (exact) mass is 232 g/mol. The van der Waals surface area contributed by atoms with Gasteiger partial charge in [-0.3, -0.25) is 0 Å². The summed E-state index contributed by atoms with van der Waals surface area (Å²) in [4.78, 5) is 13.2. The number of likely N-dealkylation sites (N-methyl/N-ethyl adjacent to an activating group) is 1. The largest absolute Gasteiger partial charge is 0.329 e. The first-order valence-corrected chi connectivity index (χ1v) is 6.11. The first kappa shape index (κ1) is 12.0. The van der Waals surface area contributed by atoms with E-state index in [9.17, 15) is 4.79 Å². The Morgan fingerprint density at radius 1 is 1.41 bits per heavy atom. The summed E-state index contributed by atoms with van der Waals surface area (Å²) >= 11 is 0. The Bertz CT molecular complexity index is 440. The molecule has 1 saturated heterocycles. The standard InChI is InChI=1S/C14H20N2O/c1-9(2)11-6-5-10(3)12(7-11)13-8-16(4)14(17)15-13/h5-7,9,13H,8H2,1-4H3,(H,15,17). The second kappa shape index (κ2) is 4.40. The highest BCUT2D eigenvalue weighted by molar-refractivity contribution is 5.77. The van der Waals surface area contributed by atoms with Crippen molar-refractivity contribution < 1.29 is 4.79 Å². The van der Waals surface area contributed by atoms with E-state index in [4.69, 9.17) is 0 Å². The van der Waals surface area contributed by atoms with Crippen molar-refractivity contribution in [1.29, 1.82) is 0 Å². The summed E-state index contributed by atoms with van der Waals surface area (Å²) in [7, 11) is 1.83. The van der Waals surface area contributed by atoms with Crippen LogP contribution in [0.25, 0.3) is 0 Å². The van der Waals surface area contributed by atoms with E-state index in [0.29, 0.717) is 5.92 Å². The molecule has 1 N–H and O–H groups in total. The van der Waals surface area contributed by atoms with Crippen molar-refractivity contribution in [2.75, 3.05) is 13.6 Å². The number of amides is 2. The highest BCUT2D eigenvalue weighted by Crippen LogP contribution is 2.26. The molecule has 1 aromatic carbocycles. The maximum Gasteiger partial charge on any atom is 0.317 e. The van der Waals surface area contributed by atoms with Crippen LogP contribution in [-0.2, 0) is 0 Å². The zero-order chi connectivity index (χ0) is 12.6. The van der Waals surface area contributed by atoms with Gasteiger partial charge in [-0.25, -0.2) is 4.79 Å². The van der Waals surface area contributed by atoms with Gasteiger partial charge in [-0.1, -0.05) is 32.0 Å². The molecular weight excluding hydrogens is 212 g/mol. The predicted octanol–water partition coefficient (Wildman–Crippen LogP) is 2.81. The number of hydrogen-bond acceptors (Lipinski definition) is 1. The molecule has 0 aromatic heterocycles. The van der Waals surface area contributed by atoms with E-state index in [0.717, 1.165) is 6.54 Å². The first-order chi connectivity index (χ1) is 7.99. The number of nitrogens with one attached hydrogen (secondary N) is 1. The van der Waals surface area contributed by atoms with Gasteiger partial charge in [0.2, 0.25) is 0 Å². The summed E-state index contributed by atoms with van der Waals surface area (Å²) in [6.45, 7) is 7.23. The lowest BCUT2D eigenvalue weighted by Gasteiger charge is -2.16. The SMILES string of the molecule is Cc1ccc(C(C)C)cc1C1CN(C)C(=O)N1. The Morgan fingerprint density at radius 2 is 2.12 bits per heavy atom. The fourth-order valence-electron chi connectivity index (χ4n) is 2.23. The van der Waals surface area contributed by atoms with Crippen LogP contribution in [-0.4, -0.2) is 24.5 Å². The van der Waals surface area contributed by atoms with Gasteiger partial charge in [0.25, 0.3) is 0 Å². The molecule has 0 saturated carbocycles. The second-order valence-electron chi connectivity index (χ2n) is 5.15. The van der Waals surface area contributed by atoms with Crippen molar-refractivity contribution in [3.05, 3.63) is 34.9 Å². The van der Waals surface area contributed by atoms with Crippen LogP contribution in [0.15, 0.2) is 18.2 Å². The van der Waals surface area contributed by atoms with E-state index < -0.39 is 0 Å². The molecule has 92 valence electrons. The minimum Gasteiger partial charge on any atom is -0.329 e. The van der Waals surface area contributed by atoms with Crippen molar-refractivity contribution in [3.63, 3.8) is 0 Å². The topological polar surface area (TPSA) is 32.3 Å². The maximum absolute atomic E-state index is 11.5. The highest BCUT2D eigenvalue weighted by Gasteiger charge is 2.27. The van der Waals surface area contributed by atoms with Crippen molar-refractivity contribution in [2.45, 2.75) is 32.7 Å². The number of aryl methyl sites for hydroxylation is 1. The van der Waals surface area contributed by atoms with Gasteiger partial charge in [0.1, 0.15) is 0 Å². The van der Waals surface area contributed by atoms with Crippen LogP contribution in [0, 0.1) is 6.92 Å². The molecule has 2 rings (SSSR count). The van der Waals surface area contributed by atoms with Gasteiger partial charge >= 0.3 is 6.03 Å². The minimum atomic E-state index is 0.0179. The summed E-state index contributed by atoms with van der Waals surface area (Å²) in [5.41, 5.74) is 3.82. The normalized spacial score (nSPS) is 19.9.